The van der Waals surface area contributed by atoms with Gasteiger partial charge in [-0.05, 0) is 31.4 Å². The fourth-order valence-electron chi connectivity index (χ4n) is 2.82. The highest BCUT2D eigenvalue weighted by atomic mass is 16.2. The maximum atomic E-state index is 12.4. The normalized spacial score (nSPS) is 15.6. The average molecular weight is 290 g/mol. The molecule has 0 radical (unpaired) electrons. The number of hydrogen-bond donors (Lipinski definition) is 1. The largest absolute Gasteiger partial charge is 0.383 e. The van der Waals surface area contributed by atoms with E-state index in [9.17, 15) is 4.79 Å². The Hall–Kier alpha value is -1.78. The Labute approximate surface area is 127 Å². The van der Waals surface area contributed by atoms with E-state index in [-0.39, 0.29) is 5.92 Å². The SMILES string of the molecule is CCC(CC)C(=O)N1CCN(c2cnc(N)c(C)c2)CC1. The van der Waals surface area contributed by atoms with Gasteiger partial charge in [0.25, 0.3) is 0 Å². The van der Waals surface area contributed by atoms with Crippen molar-refractivity contribution in [1.82, 2.24) is 9.88 Å². The molecule has 1 aromatic heterocycles. The summed E-state index contributed by atoms with van der Waals surface area (Å²) >= 11 is 0. The number of hydrogen-bond acceptors (Lipinski definition) is 4. The Balaban J connectivity index is 1.96. The summed E-state index contributed by atoms with van der Waals surface area (Å²) in [6.07, 6.45) is 3.67. The van der Waals surface area contributed by atoms with E-state index in [1.54, 1.807) is 0 Å². The summed E-state index contributed by atoms with van der Waals surface area (Å²) in [5.41, 5.74) is 7.86. The van der Waals surface area contributed by atoms with Crippen LogP contribution in [0.15, 0.2) is 12.3 Å². The van der Waals surface area contributed by atoms with Crippen molar-refractivity contribution in [2.75, 3.05) is 36.8 Å². The molecule has 1 fully saturated rings. The molecule has 0 saturated carbocycles. The van der Waals surface area contributed by atoms with Gasteiger partial charge in [0, 0.05) is 32.1 Å². The van der Waals surface area contributed by atoms with Crippen molar-refractivity contribution in [2.24, 2.45) is 5.92 Å². The number of amides is 1. The molecule has 5 heteroatoms. The highest BCUT2D eigenvalue weighted by molar-refractivity contribution is 5.79. The smallest absolute Gasteiger partial charge is 0.225 e. The number of nitrogens with two attached hydrogens (primary N) is 1. The minimum Gasteiger partial charge on any atom is -0.383 e. The number of anilines is 2. The predicted molar refractivity (Wildman–Crippen MR) is 86.3 cm³/mol. The van der Waals surface area contributed by atoms with Crippen LogP contribution in [0, 0.1) is 12.8 Å². The van der Waals surface area contributed by atoms with Crippen LogP contribution in [-0.2, 0) is 4.79 Å². The molecule has 0 aliphatic carbocycles. The van der Waals surface area contributed by atoms with Gasteiger partial charge in [-0.3, -0.25) is 4.79 Å². The van der Waals surface area contributed by atoms with E-state index in [2.05, 4.69) is 29.8 Å². The molecular weight excluding hydrogens is 264 g/mol. The van der Waals surface area contributed by atoms with Crippen LogP contribution in [0.2, 0.25) is 0 Å². The van der Waals surface area contributed by atoms with Crippen molar-refractivity contribution in [2.45, 2.75) is 33.6 Å². The highest BCUT2D eigenvalue weighted by Gasteiger charge is 2.25. The van der Waals surface area contributed by atoms with E-state index in [0.717, 1.165) is 50.3 Å². The Morgan fingerprint density at radius 3 is 2.43 bits per heavy atom. The molecule has 0 atom stereocenters. The molecule has 2 rings (SSSR count). The van der Waals surface area contributed by atoms with Crippen LogP contribution in [0.5, 0.6) is 0 Å². The fourth-order valence-corrected chi connectivity index (χ4v) is 2.82. The standard InChI is InChI=1S/C16H26N4O/c1-4-13(5-2)16(21)20-8-6-19(7-9-20)14-10-12(3)15(17)18-11-14/h10-11,13H,4-9H2,1-3H3,(H2,17,18). The van der Waals surface area contributed by atoms with Gasteiger partial charge in [-0.15, -0.1) is 0 Å². The lowest BCUT2D eigenvalue weighted by Gasteiger charge is -2.37. The van der Waals surface area contributed by atoms with Crippen molar-refractivity contribution in [3.05, 3.63) is 17.8 Å². The van der Waals surface area contributed by atoms with Gasteiger partial charge in [0.15, 0.2) is 0 Å². The predicted octanol–water partition coefficient (Wildman–Crippen LogP) is 2.06. The number of nitrogen functional groups attached to an aromatic ring is 1. The number of aromatic nitrogens is 1. The molecule has 2 N–H and O–H groups in total. The second kappa shape index (κ2) is 6.78. The molecule has 0 spiro atoms. The zero-order chi connectivity index (χ0) is 15.4. The molecule has 0 aromatic carbocycles. The first-order valence-electron chi connectivity index (χ1n) is 7.82. The molecule has 1 aromatic rings. The van der Waals surface area contributed by atoms with E-state index in [4.69, 9.17) is 5.73 Å². The summed E-state index contributed by atoms with van der Waals surface area (Å²) in [6.45, 7) is 9.44. The fraction of sp³-hybridized carbons (Fsp3) is 0.625. The van der Waals surface area contributed by atoms with Crippen LogP contribution in [0.4, 0.5) is 11.5 Å². The number of aryl methyl sites for hydroxylation is 1. The Morgan fingerprint density at radius 1 is 1.29 bits per heavy atom. The summed E-state index contributed by atoms with van der Waals surface area (Å²) < 4.78 is 0. The van der Waals surface area contributed by atoms with Crippen molar-refractivity contribution in [1.29, 1.82) is 0 Å². The second-order valence-electron chi connectivity index (χ2n) is 5.72. The number of piperazine rings is 1. The molecule has 0 unspecified atom stereocenters. The summed E-state index contributed by atoms with van der Waals surface area (Å²) in [5.74, 6) is 1.07. The molecular formula is C16H26N4O. The Kier molecular flexibility index (Phi) is 5.04. The minimum atomic E-state index is 0.178. The van der Waals surface area contributed by atoms with Crippen LogP contribution in [0.1, 0.15) is 32.3 Å². The van der Waals surface area contributed by atoms with Gasteiger partial charge in [0.2, 0.25) is 5.91 Å². The average Bonchev–Trinajstić information content (AvgIpc) is 2.51. The van der Waals surface area contributed by atoms with Crippen molar-refractivity contribution >= 4 is 17.4 Å². The molecule has 0 bridgehead atoms. The van der Waals surface area contributed by atoms with Gasteiger partial charge in [0.1, 0.15) is 5.82 Å². The first-order chi connectivity index (χ1) is 10.1. The third kappa shape index (κ3) is 3.46. The summed E-state index contributed by atoms with van der Waals surface area (Å²) in [6, 6.07) is 2.07. The first-order valence-corrected chi connectivity index (χ1v) is 7.82. The Morgan fingerprint density at radius 2 is 1.90 bits per heavy atom. The quantitative estimate of drug-likeness (QED) is 0.922. The maximum absolute atomic E-state index is 12.4. The second-order valence-corrected chi connectivity index (χ2v) is 5.72. The lowest BCUT2D eigenvalue weighted by atomic mass is 10.0. The monoisotopic (exact) mass is 290 g/mol. The molecule has 2 heterocycles. The van der Waals surface area contributed by atoms with Crippen molar-refractivity contribution in [3.8, 4) is 0 Å². The minimum absolute atomic E-state index is 0.178. The molecule has 5 nitrogen and oxygen atoms in total. The van der Waals surface area contributed by atoms with E-state index < -0.39 is 0 Å². The van der Waals surface area contributed by atoms with Crippen LogP contribution >= 0.6 is 0 Å². The third-order valence-electron chi connectivity index (χ3n) is 4.40. The van der Waals surface area contributed by atoms with Gasteiger partial charge in [-0.2, -0.15) is 0 Å². The maximum Gasteiger partial charge on any atom is 0.225 e. The summed E-state index contributed by atoms with van der Waals surface area (Å²) in [4.78, 5) is 20.9. The lowest BCUT2D eigenvalue weighted by molar-refractivity contribution is -0.136. The van der Waals surface area contributed by atoms with Crippen molar-refractivity contribution in [3.63, 3.8) is 0 Å². The van der Waals surface area contributed by atoms with Gasteiger partial charge in [-0.1, -0.05) is 13.8 Å². The number of nitrogens with zero attached hydrogens (tertiary/aromatic N) is 3. The van der Waals surface area contributed by atoms with E-state index in [1.165, 1.54) is 0 Å². The number of carbonyl (C=O) groups is 1. The van der Waals surface area contributed by atoms with Crippen LogP contribution in [0.25, 0.3) is 0 Å². The summed E-state index contributed by atoms with van der Waals surface area (Å²) in [5, 5.41) is 0. The van der Waals surface area contributed by atoms with E-state index in [0.29, 0.717) is 11.7 Å². The number of carbonyl (C=O) groups excluding carboxylic acids is 1. The van der Waals surface area contributed by atoms with Crippen LogP contribution in [0.3, 0.4) is 0 Å². The van der Waals surface area contributed by atoms with Gasteiger partial charge in [-0.25, -0.2) is 4.98 Å². The zero-order valence-electron chi connectivity index (χ0n) is 13.3. The molecule has 1 saturated heterocycles. The van der Waals surface area contributed by atoms with Crippen LogP contribution < -0.4 is 10.6 Å². The van der Waals surface area contributed by atoms with E-state index >= 15 is 0 Å². The van der Waals surface area contributed by atoms with Gasteiger partial charge < -0.3 is 15.5 Å². The Bertz CT molecular complexity index is 491. The number of pyridine rings is 1. The molecule has 1 aliphatic rings. The molecule has 1 amide bonds. The third-order valence-corrected chi connectivity index (χ3v) is 4.40. The zero-order valence-corrected chi connectivity index (χ0v) is 13.3. The highest BCUT2D eigenvalue weighted by Crippen LogP contribution is 2.21. The van der Waals surface area contributed by atoms with Gasteiger partial charge >= 0.3 is 0 Å². The van der Waals surface area contributed by atoms with Crippen molar-refractivity contribution < 1.29 is 4.79 Å². The lowest BCUT2D eigenvalue weighted by Crippen LogP contribution is -2.50. The molecule has 1 aliphatic heterocycles. The van der Waals surface area contributed by atoms with E-state index in [1.807, 2.05) is 18.0 Å². The number of rotatable bonds is 4. The first kappa shape index (κ1) is 15.6. The van der Waals surface area contributed by atoms with Gasteiger partial charge in [0.05, 0.1) is 11.9 Å². The topological polar surface area (TPSA) is 62.5 Å². The van der Waals surface area contributed by atoms with Crippen LogP contribution in [-0.4, -0.2) is 42.0 Å². The summed E-state index contributed by atoms with van der Waals surface area (Å²) in [7, 11) is 0. The molecule has 116 valence electrons. The molecule has 21 heavy (non-hydrogen) atoms.